The summed E-state index contributed by atoms with van der Waals surface area (Å²) in [6.45, 7) is 5.47. The molecule has 0 aliphatic rings. The maximum absolute atomic E-state index is 13.7. The van der Waals surface area contributed by atoms with Crippen LogP contribution in [-0.2, 0) is 6.54 Å². The second-order valence-corrected chi connectivity index (χ2v) is 4.94. The lowest BCUT2D eigenvalue weighted by Gasteiger charge is -2.21. The number of hydrogen-bond acceptors (Lipinski definition) is 3. The average Bonchev–Trinajstić information content (AvgIpc) is 2.39. The molecule has 0 unspecified atom stereocenters. The predicted molar refractivity (Wildman–Crippen MR) is 75.2 cm³/mol. The van der Waals surface area contributed by atoms with Crippen molar-refractivity contribution in [2.45, 2.75) is 19.9 Å². The van der Waals surface area contributed by atoms with Gasteiger partial charge in [0.1, 0.15) is 5.82 Å². The third kappa shape index (κ3) is 5.37. The summed E-state index contributed by atoms with van der Waals surface area (Å²) in [5, 5.41) is 8.86. The van der Waals surface area contributed by atoms with Crippen LogP contribution in [0.4, 0.5) is 4.39 Å². The van der Waals surface area contributed by atoms with Crippen LogP contribution in [0.5, 0.6) is 0 Å². The Balaban J connectivity index is 2.62. The van der Waals surface area contributed by atoms with E-state index < -0.39 is 0 Å². The van der Waals surface area contributed by atoms with Crippen molar-refractivity contribution < 1.29 is 4.39 Å². The number of benzene rings is 1. The molecule has 0 aliphatic carbocycles. The molecule has 0 fully saturated rings. The molecule has 0 saturated heterocycles. The van der Waals surface area contributed by atoms with Gasteiger partial charge >= 0.3 is 0 Å². The van der Waals surface area contributed by atoms with Crippen molar-refractivity contribution in [1.29, 1.82) is 5.26 Å². The van der Waals surface area contributed by atoms with Crippen LogP contribution in [0.2, 0.25) is 0 Å². The molecule has 0 radical (unpaired) electrons. The first-order valence-corrected chi connectivity index (χ1v) is 6.62. The van der Waals surface area contributed by atoms with Crippen molar-refractivity contribution in [1.82, 2.24) is 9.80 Å². The van der Waals surface area contributed by atoms with Gasteiger partial charge in [-0.1, -0.05) is 6.92 Å². The van der Waals surface area contributed by atoms with E-state index in [1.54, 1.807) is 6.07 Å². The molecule has 1 rings (SSSR count). The van der Waals surface area contributed by atoms with E-state index in [-0.39, 0.29) is 5.82 Å². The van der Waals surface area contributed by atoms with Crippen molar-refractivity contribution in [2.24, 2.45) is 0 Å². The highest BCUT2D eigenvalue weighted by molar-refractivity contribution is 5.33. The van der Waals surface area contributed by atoms with Crippen molar-refractivity contribution in [3.63, 3.8) is 0 Å². The lowest BCUT2D eigenvalue weighted by molar-refractivity contribution is 0.256. The lowest BCUT2D eigenvalue weighted by Crippen LogP contribution is -2.27. The molecule has 4 heteroatoms. The zero-order valence-corrected chi connectivity index (χ0v) is 12.0. The molecule has 0 heterocycles. The molecule has 1 aromatic rings. The summed E-state index contributed by atoms with van der Waals surface area (Å²) < 4.78 is 13.7. The molecule has 0 amide bonds. The standard InChI is InChI=1S/C15H22FN3/c1-4-19(9-5-8-18(2)3)12-14-10-13(11-17)6-7-15(14)16/h6-7,10H,4-5,8-9,12H2,1-3H3. The van der Waals surface area contributed by atoms with E-state index in [1.165, 1.54) is 12.1 Å². The van der Waals surface area contributed by atoms with E-state index in [1.807, 2.05) is 14.1 Å². The van der Waals surface area contributed by atoms with Gasteiger partial charge in [0.2, 0.25) is 0 Å². The van der Waals surface area contributed by atoms with Crippen LogP contribution in [0.3, 0.4) is 0 Å². The summed E-state index contributed by atoms with van der Waals surface area (Å²) in [5.41, 5.74) is 1.12. The van der Waals surface area contributed by atoms with Crippen molar-refractivity contribution in [3.8, 4) is 6.07 Å². The second-order valence-electron chi connectivity index (χ2n) is 4.94. The largest absolute Gasteiger partial charge is 0.309 e. The Kier molecular flexibility index (Phi) is 6.48. The fraction of sp³-hybridized carbons (Fsp3) is 0.533. The fourth-order valence-electron chi connectivity index (χ4n) is 1.97. The van der Waals surface area contributed by atoms with Crippen LogP contribution in [-0.4, -0.2) is 43.5 Å². The van der Waals surface area contributed by atoms with Gasteiger partial charge in [-0.3, -0.25) is 4.90 Å². The average molecular weight is 263 g/mol. The number of rotatable bonds is 7. The van der Waals surface area contributed by atoms with Crippen molar-refractivity contribution >= 4 is 0 Å². The predicted octanol–water partition coefficient (Wildman–Crippen LogP) is 2.47. The minimum atomic E-state index is -0.231. The maximum atomic E-state index is 13.7. The Morgan fingerprint density at radius 3 is 2.58 bits per heavy atom. The first-order valence-electron chi connectivity index (χ1n) is 6.62. The summed E-state index contributed by atoms with van der Waals surface area (Å²) in [4.78, 5) is 4.34. The van der Waals surface area contributed by atoms with Gasteiger partial charge < -0.3 is 4.90 Å². The van der Waals surface area contributed by atoms with Crippen LogP contribution >= 0.6 is 0 Å². The highest BCUT2D eigenvalue weighted by Gasteiger charge is 2.09. The van der Waals surface area contributed by atoms with Gasteiger partial charge in [0, 0.05) is 12.1 Å². The molecule has 0 N–H and O–H groups in total. The monoisotopic (exact) mass is 263 g/mol. The maximum Gasteiger partial charge on any atom is 0.127 e. The summed E-state index contributed by atoms with van der Waals surface area (Å²) in [5.74, 6) is -0.231. The second kappa shape index (κ2) is 7.88. The first-order chi connectivity index (χ1) is 9.06. The zero-order valence-electron chi connectivity index (χ0n) is 12.0. The quantitative estimate of drug-likeness (QED) is 0.757. The van der Waals surface area contributed by atoms with E-state index in [2.05, 4.69) is 22.8 Å². The summed E-state index contributed by atoms with van der Waals surface area (Å²) >= 11 is 0. The molecular formula is C15H22FN3. The highest BCUT2D eigenvalue weighted by atomic mass is 19.1. The van der Waals surface area contributed by atoms with E-state index in [4.69, 9.17) is 5.26 Å². The number of halogens is 1. The molecule has 0 bridgehead atoms. The molecule has 0 aliphatic heterocycles. The molecule has 1 aromatic carbocycles. The Labute approximate surface area is 115 Å². The van der Waals surface area contributed by atoms with Gasteiger partial charge in [-0.05, 0) is 58.3 Å². The Morgan fingerprint density at radius 1 is 1.26 bits per heavy atom. The topological polar surface area (TPSA) is 30.3 Å². The van der Waals surface area contributed by atoms with E-state index in [9.17, 15) is 4.39 Å². The molecule has 0 saturated carbocycles. The van der Waals surface area contributed by atoms with Crippen LogP contribution in [0.1, 0.15) is 24.5 Å². The number of nitriles is 1. The minimum absolute atomic E-state index is 0.231. The molecule has 3 nitrogen and oxygen atoms in total. The Hall–Kier alpha value is -1.44. The van der Waals surface area contributed by atoms with Gasteiger partial charge in [0.25, 0.3) is 0 Å². The third-order valence-electron chi connectivity index (χ3n) is 3.10. The number of nitrogens with zero attached hydrogens (tertiary/aromatic N) is 3. The van der Waals surface area contributed by atoms with Gasteiger partial charge in [-0.25, -0.2) is 4.39 Å². The van der Waals surface area contributed by atoms with Crippen molar-refractivity contribution in [2.75, 3.05) is 33.7 Å². The third-order valence-corrected chi connectivity index (χ3v) is 3.10. The Bertz CT molecular complexity index is 438. The smallest absolute Gasteiger partial charge is 0.127 e. The van der Waals surface area contributed by atoms with E-state index in [0.717, 1.165) is 26.1 Å². The van der Waals surface area contributed by atoms with Crippen LogP contribution in [0, 0.1) is 17.1 Å². The zero-order chi connectivity index (χ0) is 14.3. The minimum Gasteiger partial charge on any atom is -0.309 e. The first kappa shape index (κ1) is 15.6. The molecule has 0 aromatic heterocycles. The van der Waals surface area contributed by atoms with E-state index >= 15 is 0 Å². The van der Waals surface area contributed by atoms with Gasteiger partial charge in [0.15, 0.2) is 0 Å². The van der Waals surface area contributed by atoms with Gasteiger partial charge in [0.05, 0.1) is 11.6 Å². The van der Waals surface area contributed by atoms with Crippen LogP contribution < -0.4 is 0 Å². The van der Waals surface area contributed by atoms with Crippen LogP contribution in [0.15, 0.2) is 18.2 Å². The lowest BCUT2D eigenvalue weighted by atomic mass is 10.1. The molecule has 0 spiro atoms. The summed E-state index contributed by atoms with van der Waals surface area (Å²) in [6, 6.07) is 6.59. The van der Waals surface area contributed by atoms with Gasteiger partial charge in [-0.2, -0.15) is 5.26 Å². The van der Waals surface area contributed by atoms with Gasteiger partial charge in [-0.15, -0.1) is 0 Å². The molecule has 19 heavy (non-hydrogen) atoms. The summed E-state index contributed by atoms with van der Waals surface area (Å²) in [6.07, 6.45) is 1.06. The SMILES string of the molecule is CCN(CCCN(C)C)Cc1cc(C#N)ccc1F. The van der Waals surface area contributed by atoms with E-state index in [0.29, 0.717) is 17.7 Å². The molecule has 104 valence electrons. The fourth-order valence-corrected chi connectivity index (χ4v) is 1.97. The number of hydrogen-bond donors (Lipinski definition) is 0. The normalized spacial score (nSPS) is 11.0. The van der Waals surface area contributed by atoms with Crippen molar-refractivity contribution in [3.05, 3.63) is 35.1 Å². The highest BCUT2D eigenvalue weighted by Crippen LogP contribution is 2.13. The Morgan fingerprint density at radius 2 is 2.00 bits per heavy atom. The molecule has 0 atom stereocenters. The summed E-state index contributed by atoms with van der Waals surface area (Å²) in [7, 11) is 4.10. The van der Waals surface area contributed by atoms with Crippen LogP contribution in [0.25, 0.3) is 0 Å². The molecular weight excluding hydrogens is 241 g/mol.